The highest BCUT2D eigenvalue weighted by molar-refractivity contribution is 5.96. The van der Waals surface area contributed by atoms with Crippen LogP contribution in [0.5, 0.6) is 5.75 Å². The Balaban J connectivity index is 1.96. The van der Waals surface area contributed by atoms with E-state index in [1.165, 1.54) is 6.07 Å². The summed E-state index contributed by atoms with van der Waals surface area (Å²) in [5.74, 6) is -1.10. The van der Waals surface area contributed by atoms with Crippen LogP contribution in [0.1, 0.15) is 10.4 Å². The summed E-state index contributed by atoms with van der Waals surface area (Å²) in [6, 6.07) is 6.43. The number of para-hydroxylation sites is 1. The second-order valence-electron chi connectivity index (χ2n) is 4.48. The highest BCUT2D eigenvalue weighted by atomic mass is 16.4. The van der Waals surface area contributed by atoms with Crippen LogP contribution in [0.4, 0.5) is 0 Å². The van der Waals surface area contributed by atoms with Gasteiger partial charge in [0.1, 0.15) is 5.75 Å². The van der Waals surface area contributed by atoms with E-state index in [0.717, 1.165) is 0 Å². The van der Waals surface area contributed by atoms with Crippen molar-refractivity contribution in [1.29, 1.82) is 0 Å². The predicted molar refractivity (Wildman–Crippen MR) is 68.1 cm³/mol. The van der Waals surface area contributed by atoms with E-state index in [9.17, 15) is 14.7 Å². The zero-order valence-electron chi connectivity index (χ0n) is 10.5. The third-order valence-electron chi connectivity index (χ3n) is 3.15. The van der Waals surface area contributed by atoms with Gasteiger partial charge >= 0.3 is 5.97 Å². The first-order chi connectivity index (χ1) is 9.08. The maximum absolute atomic E-state index is 12.2. The van der Waals surface area contributed by atoms with Gasteiger partial charge in [-0.3, -0.25) is 14.5 Å². The Labute approximate surface area is 110 Å². The summed E-state index contributed by atoms with van der Waals surface area (Å²) in [6.07, 6.45) is 0. The van der Waals surface area contributed by atoms with E-state index in [0.29, 0.717) is 26.2 Å². The van der Waals surface area contributed by atoms with E-state index in [1.54, 1.807) is 28.0 Å². The van der Waals surface area contributed by atoms with Gasteiger partial charge in [-0.25, -0.2) is 0 Å². The lowest BCUT2D eigenvalue weighted by Gasteiger charge is -2.33. The molecular formula is C13H16N2O4. The Kier molecular flexibility index (Phi) is 4.01. The lowest BCUT2D eigenvalue weighted by atomic mass is 10.1. The minimum atomic E-state index is -0.861. The lowest BCUT2D eigenvalue weighted by Crippen LogP contribution is -2.49. The molecule has 1 aliphatic heterocycles. The summed E-state index contributed by atoms with van der Waals surface area (Å²) >= 11 is 0. The summed E-state index contributed by atoms with van der Waals surface area (Å²) in [6.45, 7) is 2.01. The summed E-state index contributed by atoms with van der Waals surface area (Å²) in [5.41, 5.74) is 0.286. The first-order valence-electron chi connectivity index (χ1n) is 6.09. The number of carbonyl (C=O) groups is 2. The van der Waals surface area contributed by atoms with Gasteiger partial charge < -0.3 is 15.1 Å². The van der Waals surface area contributed by atoms with Crippen molar-refractivity contribution in [2.75, 3.05) is 32.7 Å². The van der Waals surface area contributed by atoms with Crippen molar-refractivity contribution in [2.24, 2.45) is 0 Å². The maximum atomic E-state index is 12.2. The third-order valence-corrected chi connectivity index (χ3v) is 3.15. The molecular weight excluding hydrogens is 248 g/mol. The number of aliphatic carboxylic acids is 1. The van der Waals surface area contributed by atoms with Gasteiger partial charge in [0.15, 0.2) is 0 Å². The topological polar surface area (TPSA) is 81.1 Å². The van der Waals surface area contributed by atoms with Crippen LogP contribution in [-0.2, 0) is 4.79 Å². The Bertz CT molecular complexity index is 481. The molecule has 0 atom stereocenters. The maximum Gasteiger partial charge on any atom is 0.317 e. The standard InChI is InChI=1S/C13H16N2O4/c16-11-4-2-1-3-10(11)13(19)15-7-5-14(6-8-15)9-12(17)18/h1-4,16H,5-9H2,(H,17,18). The van der Waals surface area contributed by atoms with E-state index in [2.05, 4.69) is 0 Å². The fraction of sp³-hybridized carbons (Fsp3) is 0.385. The Hall–Kier alpha value is -2.08. The van der Waals surface area contributed by atoms with Crippen molar-refractivity contribution < 1.29 is 19.8 Å². The summed E-state index contributed by atoms with van der Waals surface area (Å²) < 4.78 is 0. The number of carbonyl (C=O) groups excluding carboxylic acids is 1. The first-order valence-corrected chi connectivity index (χ1v) is 6.09. The molecule has 6 heteroatoms. The van der Waals surface area contributed by atoms with Gasteiger partial charge in [0, 0.05) is 26.2 Å². The van der Waals surface area contributed by atoms with Crippen LogP contribution in [0.15, 0.2) is 24.3 Å². The summed E-state index contributed by atoms with van der Waals surface area (Å²) in [7, 11) is 0. The van der Waals surface area contributed by atoms with E-state index in [4.69, 9.17) is 5.11 Å². The normalized spacial score (nSPS) is 16.3. The van der Waals surface area contributed by atoms with Crippen molar-refractivity contribution in [3.63, 3.8) is 0 Å². The number of amides is 1. The summed E-state index contributed by atoms with van der Waals surface area (Å²) in [5, 5.41) is 18.3. The second-order valence-corrected chi connectivity index (χ2v) is 4.48. The molecule has 1 aromatic rings. The average molecular weight is 264 g/mol. The number of nitrogens with zero attached hydrogens (tertiary/aromatic N) is 2. The number of carboxylic acid groups (broad SMARTS) is 1. The highest BCUT2D eigenvalue weighted by Gasteiger charge is 2.24. The zero-order valence-corrected chi connectivity index (χ0v) is 10.5. The average Bonchev–Trinajstić information content (AvgIpc) is 2.39. The monoisotopic (exact) mass is 264 g/mol. The van der Waals surface area contributed by atoms with Crippen LogP contribution >= 0.6 is 0 Å². The molecule has 1 aromatic carbocycles. The fourth-order valence-corrected chi connectivity index (χ4v) is 2.13. The number of hydrogen-bond donors (Lipinski definition) is 2. The fourth-order valence-electron chi connectivity index (χ4n) is 2.13. The second kappa shape index (κ2) is 5.71. The number of piperazine rings is 1. The Morgan fingerprint density at radius 1 is 1.11 bits per heavy atom. The number of aromatic hydroxyl groups is 1. The molecule has 6 nitrogen and oxygen atoms in total. The molecule has 19 heavy (non-hydrogen) atoms. The largest absolute Gasteiger partial charge is 0.507 e. The number of phenolic OH excluding ortho intramolecular Hbond substituents is 1. The molecule has 0 aliphatic carbocycles. The molecule has 102 valence electrons. The van der Waals surface area contributed by atoms with Crippen LogP contribution in [0, 0.1) is 0 Å². The Morgan fingerprint density at radius 3 is 2.32 bits per heavy atom. The third kappa shape index (κ3) is 3.23. The van der Waals surface area contributed by atoms with Gasteiger partial charge in [-0.1, -0.05) is 12.1 Å². The van der Waals surface area contributed by atoms with Crippen LogP contribution in [0.2, 0.25) is 0 Å². The minimum absolute atomic E-state index is 0.00137. The first kappa shape index (κ1) is 13.4. The molecule has 0 saturated carbocycles. The summed E-state index contributed by atoms with van der Waals surface area (Å²) in [4.78, 5) is 26.2. The van der Waals surface area contributed by atoms with Crippen LogP contribution in [0.3, 0.4) is 0 Å². The molecule has 1 amide bonds. The van der Waals surface area contributed by atoms with Gasteiger partial charge in [-0.05, 0) is 12.1 Å². The number of carboxylic acids is 1. The molecule has 1 heterocycles. The quantitative estimate of drug-likeness (QED) is 0.817. The molecule has 0 spiro atoms. The SMILES string of the molecule is O=C(O)CN1CCN(C(=O)c2ccccc2O)CC1. The van der Waals surface area contributed by atoms with Crippen molar-refractivity contribution in [1.82, 2.24) is 9.80 Å². The van der Waals surface area contributed by atoms with Crippen LogP contribution in [-0.4, -0.2) is 64.6 Å². The molecule has 1 fully saturated rings. The lowest BCUT2D eigenvalue weighted by molar-refractivity contribution is -0.138. The van der Waals surface area contributed by atoms with Crippen molar-refractivity contribution in [3.05, 3.63) is 29.8 Å². The van der Waals surface area contributed by atoms with E-state index >= 15 is 0 Å². The van der Waals surface area contributed by atoms with Gasteiger partial charge in [0.05, 0.1) is 12.1 Å². The molecule has 2 N–H and O–H groups in total. The number of rotatable bonds is 3. The smallest absolute Gasteiger partial charge is 0.317 e. The van der Waals surface area contributed by atoms with Gasteiger partial charge in [-0.15, -0.1) is 0 Å². The Morgan fingerprint density at radius 2 is 1.74 bits per heavy atom. The van der Waals surface area contributed by atoms with Gasteiger partial charge in [0.2, 0.25) is 0 Å². The van der Waals surface area contributed by atoms with Crippen molar-refractivity contribution >= 4 is 11.9 Å². The molecule has 0 unspecified atom stereocenters. The molecule has 0 radical (unpaired) electrons. The van der Waals surface area contributed by atoms with E-state index < -0.39 is 5.97 Å². The molecule has 2 rings (SSSR count). The number of benzene rings is 1. The van der Waals surface area contributed by atoms with Gasteiger partial charge in [-0.2, -0.15) is 0 Å². The molecule has 1 aliphatic rings. The van der Waals surface area contributed by atoms with Gasteiger partial charge in [0.25, 0.3) is 5.91 Å². The number of hydrogen-bond acceptors (Lipinski definition) is 4. The van der Waals surface area contributed by atoms with Crippen LogP contribution < -0.4 is 0 Å². The molecule has 0 bridgehead atoms. The zero-order chi connectivity index (χ0) is 13.8. The van der Waals surface area contributed by atoms with E-state index in [-0.39, 0.29) is 23.8 Å². The van der Waals surface area contributed by atoms with Crippen molar-refractivity contribution in [3.8, 4) is 5.75 Å². The minimum Gasteiger partial charge on any atom is -0.507 e. The predicted octanol–water partition coefficient (Wildman–Crippen LogP) is 0.235. The highest BCUT2D eigenvalue weighted by Crippen LogP contribution is 2.18. The molecule has 0 aromatic heterocycles. The molecule has 1 saturated heterocycles. The van der Waals surface area contributed by atoms with Crippen molar-refractivity contribution in [2.45, 2.75) is 0 Å². The van der Waals surface area contributed by atoms with E-state index in [1.807, 2.05) is 0 Å². The van der Waals surface area contributed by atoms with Crippen LogP contribution in [0.25, 0.3) is 0 Å². The number of phenols is 1.